The average Bonchev–Trinajstić information content (AvgIpc) is 2.26. The monoisotopic (exact) mass is 256 g/mol. The second-order valence-corrected chi connectivity index (χ2v) is 4.25. The van der Waals surface area contributed by atoms with Gasteiger partial charge in [-0.25, -0.2) is 0 Å². The lowest BCUT2D eigenvalue weighted by Crippen LogP contribution is -2.44. The second kappa shape index (κ2) is 5.38. The molecule has 0 aliphatic carbocycles. The van der Waals surface area contributed by atoms with Crippen LogP contribution >= 0.6 is 12.4 Å². The fraction of sp³-hybridized carbons (Fsp3) is 0.417. The first-order chi connectivity index (χ1) is 7.58. The number of carbonyl (C=O) groups is 1. The van der Waals surface area contributed by atoms with Crippen LogP contribution in [0.25, 0.3) is 0 Å². The molecule has 1 aromatic rings. The number of rotatable bonds is 1. The molecule has 1 amide bonds. The Balaban J connectivity index is 0.00000144. The van der Waals surface area contributed by atoms with E-state index in [2.05, 4.69) is 0 Å². The molecular weight excluding hydrogens is 240 g/mol. The maximum atomic E-state index is 11.7. The summed E-state index contributed by atoms with van der Waals surface area (Å²) in [6.07, 6.45) is 0.827. The lowest BCUT2D eigenvalue weighted by atomic mass is 9.99. The molecule has 1 aromatic carbocycles. The Morgan fingerprint density at radius 1 is 1.47 bits per heavy atom. The first-order valence-corrected chi connectivity index (χ1v) is 5.43. The van der Waals surface area contributed by atoms with Gasteiger partial charge >= 0.3 is 0 Å². The van der Waals surface area contributed by atoms with Crippen molar-refractivity contribution in [1.82, 2.24) is 4.90 Å². The predicted octanol–water partition coefficient (Wildman–Crippen LogP) is 1.05. The van der Waals surface area contributed by atoms with Crippen molar-refractivity contribution in [3.63, 3.8) is 0 Å². The number of phenols is 1. The highest BCUT2D eigenvalue weighted by Crippen LogP contribution is 2.23. The third kappa shape index (κ3) is 2.90. The quantitative estimate of drug-likeness (QED) is 0.789. The normalized spacial score (nSPS) is 15.8. The van der Waals surface area contributed by atoms with Crippen molar-refractivity contribution in [2.75, 3.05) is 6.54 Å². The molecule has 0 radical (unpaired) electrons. The number of hydrogen-bond donors (Lipinski definition) is 2. The summed E-state index contributed by atoms with van der Waals surface area (Å²) in [6.45, 7) is 2.95. The van der Waals surface area contributed by atoms with Crippen molar-refractivity contribution in [3.8, 4) is 5.75 Å². The van der Waals surface area contributed by atoms with E-state index in [4.69, 9.17) is 5.73 Å². The van der Waals surface area contributed by atoms with Crippen LogP contribution in [0.4, 0.5) is 0 Å². The van der Waals surface area contributed by atoms with Crippen LogP contribution in [0.1, 0.15) is 18.1 Å². The van der Waals surface area contributed by atoms with E-state index in [1.165, 1.54) is 5.56 Å². The van der Waals surface area contributed by atoms with Crippen LogP contribution in [0.3, 0.4) is 0 Å². The first-order valence-electron chi connectivity index (χ1n) is 5.43. The summed E-state index contributed by atoms with van der Waals surface area (Å²) in [5, 5.41) is 9.39. The van der Waals surface area contributed by atoms with Gasteiger partial charge in [-0.15, -0.1) is 12.4 Å². The molecule has 1 aliphatic rings. The molecule has 0 fully saturated rings. The summed E-state index contributed by atoms with van der Waals surface area (Å²) in [7, 11) is 0. The number of hydrogen-bond acceptors (Lipinski definition) is 3. The summed E-state index contributed by atoms with van der Waals surface area (Å²) in [5.41, 5.74) is 7.79. The number of aromatic hydroxyl groups is 1. The minimum atomic E-state index is -0.459. The van der Waals surface area contributed by atoms with Crippen molar-refractivity contribution in [3.05, 3.63) is 29.3 Å². The number of nitrogens with two attached hydrogens (primary N) is 1. The van der Waals surface area contributed by atoms with E-state index in [-0.39, 0.29) is 24.1 Å². The number of phenolic OH excluding ortho intramolecular Hbond substituents is 1. The van der Waals surface area contributed by atoms with Gasteiger partial charge in [0.2, 0.25) is 5.91 Å². The van der Waals surface area contributed by atoms with Crippen LogP contribution in [0.2, 0.25) is 0 Å². The molecular formula is C12H17ClN2O2. The zero-order chi connectivity index (χ0) is 11.7. The van der Waals surface area contributed by atoms with Gasteiger partial charge in [-0.05, 0) is 36.6 Å². The number of fused-ring (bicyclic) bond motifs is 1. The molecule has 1 atom stereocenters. The molecule has 2 rings (SSSR count). The molecule has 1 heterocycles. The summed E-state index contributed by atoms with van der Waals surface area (Å²) >= 11 is 0. The van der Waals surface area contributed by atoms with Crippen molar-refractivity contribution >= 4 is 18.3 Å². The lowest BCUT2D eigenvalue weighted by Gasteiger charge is -2.30. The summed E-state index contributed by atoms with van der Waals surface area (Å²) < 4.78 is 0. The maximum Gasteiger partial charge on any atom is 0.239 e. The molecule has 0 saturated heterocycles. The molecule has 0 unspecified atom stereocenters. The minimum absolute atomic E-state index is 0. The molecule has 0 saturated carbocycles. The largest absolute Gasteiger partial charge is 0.508 e. The highest BCUT2D eigenvalue weighted by Gasteiger charge is 2.22. The lowest BCUT2D eigenvalue weighted by molar-refractivity contribution is -0.133. The van der Waals surface area contributed by atoms with Gasteiger partial charge in [-0.1, -0.05) is 6.07 Å². The molecule has 0 aromatic heterocycles. The van der Waals surface area contributed by atoms with Gasteiger partial charge in [0.25, 0.3) is 0 Å². The Bertz CT molecular complexity index is 421. The molecule has 0 bridgehead atoms. The molecule has 3 N–H and O–H groups in total. The Kier molecular flexibility index (Phi) is 4.37. The van der Waals surface area contributed by atoms with Crippen LogP contribution in [-0.2, 0) is 17.8 Å². The van der Waals surface area contributed by atoms with E-state index >= 15 is 0 Å². The number of benzene rings is 1. The zero-order valence-corrected chi connectivity index (χ0v) is 10.5. The van der Waals surface area contributed by atoms with Crippen LogP contribution in [-0.4, -0.2) is 28.5 Å². The van der Waals surface area contributed by atoms with E-state index in [1.54, 1.807) is 24.0 Å². The van der Waals surface area contributed by atoms with Crippen molar-refractivity contribution in [2.45, 2.75) is 25.9 Å². The number of nitrogens with zero attached hydrogens (tertiary/aromatic N) is 1. The van der Waals surface area contributed by atoms with Crippen LogP contribution in [0.15, 0.2) is 18.2 Å². The Hall–Kier alpha value is -1.26. The third-order valence-corrected chi connectivity index (χ3v) is 2.90. The predicted molar refractivity (Wildman–Crippen MR) is 68.1 cm³/mol. The Morgan fingerprint density at radius 3 is 2.82 bits per heavy atom. The van der Waals surface area contributed by atoms with Crippen LogP contribution < -0.4 is 5.73 Å². The van der Waals surface area contributed by atoms with E-state index in [1.807, 2.05) is 6.07 Å². The Morgan fingerprint density at radius 2 is 2.18 bits per heavy atom. The van der Waals surface area contributed by atoms with E-state index in [0.29, 0.717) is 13.1 Å². The minimum Gasteiger partial charge on any atom is -0.508 e. The highest BCUT2D eigenvalue weighted by atomic mass is 35.5. The van der Waals surface area contributed by atoms with Crippen molar-refractivity contribution < 1.29 is 9.90 Å². The first kappa shape index (κ1) is 13.8. The van der Waals surface area contributed by atoms with E-state index < -0.39 is 6.04 Å². The molecule has 5 heteroatoms. The van der Waals surface area contributed by atoms with Crippen LogP contribution in [0, 0.1) is 0 Å². The van der Waals surface area contributed by atoms with Crippen LogP contribution in [0.5, 0.6) is 5.75 Å². The molecule has 4 nitrogen and oxygen atoms in total. The zero-order valence-electron chi connectivity index (χ0n) is 9.72. The van der Waals surface area contributed by atoms with Gasteiger partial charge in [0.05, 0.1) is 6.04 Å². The SMILES string of the molecule is C[C@@H](N)C(=O)N1CCc2ccc(O)cc2C1.Cl. The number of carbonyl (C=O) groups excluding carboxylic acids is 1. The van der Waals surface area contributed by atoms with Gasteiger partial charge in [-0.2, -0.15) is 0 Å². The standard InChI is InChI=1S/C12H16N2O2.ClH/c1-8(13)12(16)14-5-4-9-2-3-11(15)6-10(9)7-14;/h2-3,6,8,15H,4-5,7,13H2,1H3;1H/t8-;/m1./s1. The number of halogens is 1. The van der Waals surface area contributed by atoms with E-state index in [9.17, 15) is 9.90 Å². The van der Waals surface area contributed by atoms with Crippen molar-refractivity contribution in [1.29, 1.82) is 0 Å². The smallest absolute Gasteiger partial charge is 0.239 e. The summed E-state index contributed by atoms with van der Waals surface area (Å²) in [4.78, 5) is 13.5. The van der Waals surface area contributed by atoms with Gasteiger partial charge in [0.1, 0.15) is 5.75 Å². The average molecular weight is 257 g/mol. The van der Waals surface area contributed by atoms with Crippen molar-refractivity contribution in [2.24, 2.45) is 5.73 Å². The fourth-order valence-corrected chi connectivity index (χ4v) is 2.02. The van der Waals surface area contributed by atoms with Gasteiger partial charge in [-0.3, -0.25) is 4.79 Å². The molecule has 94 valence electrons. The topological polar surface area (TPSA) is 66.6 Å². The molecule has 1 aliphatic heterocycles. The number of amides is 1. The molecule has 17 heavy (non-hydrogen) atoms. The molecule has 0 spiro atoms. The van der Waals surface area contributed by atoms with Gasteiger partial charge in [0.15, 0.2) is 0 Å². The van der Waals surface area contributed by atoms with E-state index in [0.717, 1.165) is 12.0 Å². The van der Waals surface area contributed by atoms with Gasteiger partial charge < -0.3 is 15.7 Å². The fourth-order valence-electron chi connectivity index (χ4n) is 2.02. The third-order valence-electron chi connectivity index (χ3n) is 2.90. The second-order valence-electron chi connectivity index (χ2n) is 4.25. The van der Waals surface area contributed by atoms with Gasteiger partial charge in [0, 0.05) is 13.1 Å². The highest BCUT2D eigenvalue weighted by molar-refractivity contribution is 5.85. The maximum absolute atomic E-state index is 11.7. The Labute approximate surface area is 107 Å². The summed E-state index contributed by atoms with van der Waals surface area (Å²) in [6, 6.07) is 4.86. The summed E-state index contributed by atoms with van der Waals surface area (Å²) in [5.74, 6) is 0.211.